The Morgan fingerprint density at radius 2 is 2.05 bits per heavy atom. The van der Waals surface area contributed by atoms with Crippen molar-refractivity contribution in [2.75, 3.05) is 38.5 Å². The first-order valence-electron chi connectivity index (χ1n) is 8.03. The van der Waals surface area contributed by atoms with Crippen LogP contribution in [0.5, 0.6) is 0 Å². The molecule has 2 heterocycles. The lowest BCUT2D eigenvalue weighted by molar-refractivity contribution is -0.121. The molecule has 2 aliphatic rings. The molecular formula is C14H27N3O3S. The van der Waals surface area contributed by atoms with E-state index in [-0.39, 0.29) is 11.7 Å². The van der Waals surface area contributed by atoms with Crippen LogP contribution in [0.1, 0.15) is 38.5 Å². The number of nitrogens with one attached hydrogen (secondary N) is 2. The molecule has 0 aromatic carbocycles. The molecule has 2 saturated heterocycles. The highest BCUT2D eigenvalue weighted by Gasteiger charge is 2.24. The summed E-state index contributed by atoms with van der Waals surface area (Å²) in [7, 11) is -3.14. The van der Waals surface area contributed by atoms with E-state index in [0.717, 1.165) is 32.4 Å². The maximum Gasteiger partial charge on any atom is 0.220 e. The summed E-state index contributed by atoms with van der Waals surface area (Å²) in [6, 6.07) is 0. The third-order valence-corrected chi connectivity index (χ3v) is 6.26. The predicted molar refractivity (Wildman–Crippen MR) is 82.4 cm³/mol. The van der Waals surface area contributed by atoms with Crippen LogP contribution in [0.15, 0.2) is 0 Å². The number of carbonyl (C=O) groups is 1. The third kappa shape index (κ3) is 5.56. The monoisotopic (exact) mass is 317 g/mol. The van der Waals surface area contributed by atoms with Gasteiger partial charge in [-0.3, -0.25) is 4.79 Å². The van der Waals surface area contributed by atoms with Crippen LogP contribution in [0.2, 0.25) is 0 Å². The highest BCUT2D eigenvalue weighted by atomic mass is 32.2. The lowest BCUT2D eigenvalue weighted by Gasteiger charge is -2.15. The van der Waals surface area contributed by atoms with Crippen molar-refractivity contribution in [1.82, 2.24) is 14.9 Å². The summed E-state index contributed by atoms with van der Waals surface area (Å²) in [5, 5.41) is 6.19. The zero-order valence-corrected chi connectivity index (χ0v) is 13.5. The van der Waals surface area contributed by atoms with E-state index < -0.39 is 10.0 Å². The van der Waals surface area contributed by atoms with E-state index in [9.17, 15) is 13.2 Å². The second kappa shape index (κ2) is 8.10. The highest BCUT2D eigenvalue weighted by molar-refractivity contribution is 7.89. The smallest absolute Gasteiger partial charge is 0.220 e. The number of hydrogen-bond acceptors (Lipinski definition) is 4. The van der Waals surface area contributed by atoms with Gasteiger partial charge in [-0.25, -0.2) is 12.7 Å². The first-order valence-corrected chi connectivity index (χ1v) is 9.64. The maximum absolute atomic E-state index is 12.0. The zero-order chi connectivity index (χ0) is 15.1. The summed E-state index contributed by atoms with van der Waals surface area (Å²) in [4.78, 5) is 11.7. The summed E-state index contributed by atoms with van der Waals surface area (Å²) in [5.74, 6) is 0.728. The summed E-state index contributed by atoms with van der Waals surface area (Å²) >= 11 is 0. The molecule has 2 rings (SSSR count). The van der Waals surface area contributed by atoms with Crippen molar-refractivity contribution in [3.05, 3.63) is 0 Å². The molecule has 0 bridgehead atoms. The minimum absolute atomic E-state index is 0.0300. The van der Waals surface area contributed by atoms with E-state index in [4.69, 9.17) is 0 Å². The average molecular weight is 317 g/mol. The van der Waals surface area contributed by atoms with Crippen LogP contribution in [0, 0.1) is 5.92 Å². The predicted octanol–water partition coefficient (Wildman–Crippen LogP) is 0.308. The Hall–Kier alpha value is -0.660. The minimum atomic E-state index is -3.14. The van der Waals surface area contributed by atoms with Crippen LogP contribution < -0.4 is 10.6 Å². The Labute approximate surface area is 127 Å². The van der Waals surface area contributed by atoms with Gasteiger partial charge < -0.3 is 10.6 Å². The molecule has 0 aromatic rings. The third-order valence-electron chi connectivity index (χ3n) is 4.30. The van der Waals surface area contributed by atoms with Crippen molar-refractivity contribution >= 4 is 15.9 Å². The summed E-state index contributed by atoms with van der Waals surface area (Å²) in [6.45, 7) is 4.11. The summed E-state index contributed by atoms with van der Waals surface area (Å²) < 4.78 is 25.5. The van der Waals surface area contributed by atoms with Gasteiger partial charge in [0.1, 0.15) is 0 Å². The molecule has 1 atom stereocenters. The Balaban J connectivity index is 1.56. The van der Waals surface area contributed by atoms with Gasteiger partial charge in [-0.05, 0) is 51.1 Å². The van der Waals surface area contributed by atoms with Crippen molar-refractivity contribution in [3.8, 4) is 0 Å². The van der Waals surface area contributed by atoms with Crippen molar-refractivity contribution in [2.24, 2.45) is 5.92 Å². The quantitative estimate of drug-likeness (QED) is 0.675. The molecule has 1 amide bonds. The fourth-order valence-corrected chi connectivity index (χ4v) is 4.56. The highest BCUT2D eigenvalue weighted by Crippen LogP contribution is 2.14. The molecule has 7 heteroatoms. The van der Waals surface area contributed by atoms with Crippen molar-refractivity contribution in [2.45, 2.75) is 38.5 Å². The second-order valence-corrected chi connectivity index (χ2v) is 8.11. The molecule has 122 valence electrons. The van der Waals surface area contributed by atoms with Gasteiger partial charge in [0.15, 0.2) is 0 Å². The summed E-state index contributed by atoms with van der Waals surface area (Å²) in [6.07, 6.45) is 4.81. The molecule has 0 saturated carbocycles. The van der Waals surface area contributed by atoms with Gasteiger partial charge >= 0.3 is 0 Å². The lowest BCUT2D eigenvalue weighted by Crippen LogP contribution is -2.31. The molecule has 0 radical (unpaired) electrons. The maximum atomic E-state index is 12.0. The molecular weight excluding hydrogens is 290 g/mol. The Morgan fingerprint density at radius 3 is 2.71 bits per heavy atom. The zero-order valence-electron chi connectivity index (χ0n) is 12.6. The molecule has 2 N–H and O–H groups in total. The van der Waals surface area contributed by atoms with E-state index >= 15 is 0 Å². The number of hydrogen-bond donors (Lipinski definition) is 2. The van der Waals surface area contributed by atoms with Crippen LogP contribution in [-0.2, 0) is 14.8 Å². The van der Waals surface area contributed by atoms with Crippen molar-refractivity contribution in [1.29, 1.82) is 0 Å². The van der Waals surface area contributed by atoms with Gasteiger partial charge in [0.25, 0.3) is 0 Å². The first-order chi connectivity index (χ1) is 10.1. The molecule has 1 unspecified atom stereocenters. The second-order valence-electron chi connectivity index (χ2n) is 6.02. The van der Waals surface area contributed by atoms with Gasteiger partial charge in [0, 0.05) is 26.1 Å². The van der Waals surface area contributed by atoms with E-state index in [2.05, 4.69) is 10.6 Å². The molecule has 0 spiro atoms. The summed E-state index contributed by atoms with van der Waals surface area (Å²) in [5.41, 5.74) is 0. The number of sulfonamides is 1. The Bertz CT molecular complexity index is 427. The van der Waals surface area contributed by atoms with E-state index in [0.29, 0.717) is 38.4 Å². The van der Waals surface area contributed by atoms with Crippen LogP contribution in [0.3, 0.4) is 0 Å². The molecule has 0 aromatic heterocycles. The average Bonchev–Trinajstić information content (AvgIpc) is 3.12. The van der Waals surface area contributed by atoms with Gasteiger partial charge in [-0.15, -0.1) is 0 Å². The topological polar surface area (TPSA) is 78.5 Å². The van der Waals surface area contributed by atoms with Gasteiger partial charge in [0.2, 0.25) is 15.9 Å². The van der Waals surface area contributed by atoms with Crippen LogP contribution >= 0.6 is 0 Å². The molecule has 0 aliphatic carbocycles. The number of carbonyl (C=O) groups excluding carboxylic acids is 1. The fraction of sp³-hybridized carbons (Fsp3) is 0.929. The molecule has 21 heavy (non-hydrogen) atoms. The van der Waals surface area contributed by atoms with Crippen LogP contribution in [0.4, 0.5) is 0 Å². The molecule has 2 aliphatic heterocycles. The SMILES string of the molecule is O=C(CCCS(=O)(=O)N1CCCC1)NCCC1CCNC1. The number of amides is 1. The van der Waals surface area contributed by atoms with Crippen LogP contribution in [0.25, 0.3) is 0 Å². The first kappa shape index (κ1) is 16.7. The fourth-order valence-electron chi connectivity index (χ4n) is 2.98. The normalized spacial score (nSPS) is 23.5. The van der Waals surface area contributed by atoms with Gasteiger partial charge in [-0.1, -0.05) is 0 Å². The molecule has 2 fully saturated rings. The van der Waals surface area contributed by atoms with E-state index in [1.54, 1.807) is 4.31 Å². The van der Waals surface area contributed by atoms with Crippen molar-refractivity contribution < 1.29 is 13.2 Å². The lowest BCUT2D eigenvalue weighted by atomic mass is 10.1. The van der Waals surface area contributed by atoms with Crippen molar-refractivity contribution in [3.63, 3.8) is 0 Å². The van der Waals surface area contributed by atoms with Gasteiger partial charge in [0.05, 0.1) is 5.75 Å². The Kier molecular flexibility index (Phi) is 6.44. The Morgan fingerprint density at radius 1 is 1.29 bits per heavy atom. The van der Waals surface area contributed by atoms with Crippen LogP contribution in [-0.4, -0.2) is 57.1 Å². The van der Waals surface area contributed by atoms with E-state index in [1.807, 2.05) is 0 Å². The minimum Gasteiger partial charge on any atom is -0.356 e. The van der Waals surface area contributed by atoms with Gasteiger partial charge in [-0.2, -0.15) is 0 Å². The number of rotatable bonds is 8. The molecule has 6 nitrogen and oxygen atoms in total. The number of nitrogens with zero attached hydrogens (tertiary/aromatic N) is 1. The standard InChI is InChI=1S/C14H27N3O3S/c18-14(16-8-6-13-5-7-15-12-13)4-3-11-21(19,20)17-9-1-2-10-17/h13,15H,1-12H2,(H,16,18). The largest absolute Gasteiger partial charge is 0.356 e. The van der Waals surface area contributed by atoms with E-state index in [1.165, 1.54) is 6.42 Å².